The molecule has 166 valence electrons. The van der Waals surface area contributed by atoms with Crippen LogP contribution in [0.3, 0.4) is 0 Å². The molecule has 0 aliphatic rings. The van der Waals surface area contributed by atoms with Crippen LogP contribution < -0.4 is 14.2 Å². The monoisotopic (exact) mass is 438 g/mol. The maximum Gasteiger partial charge on any atom is 0.322 e. The summed E-state index contributed by atoms with van der Waals surface area (Å²) >= 11 is 0. The number of nitrogens with one attached hydrogen (secondary N) is 1. The molecule has 2 rings (SSSR count). The molecule has 0 fully saturated rings. The molecule has 30 heavy (non-hydrogen) atoms. The Kier molecular flexibility index (Phi) is 8.75. The normalized spacial score (nSPS) is 11.7. The van der Waals surface area contributed by atoms with Gasteiger partial charge >= 0.3 is 12.0 Å². The second-order valence-corrected chi connectivity index (χ2v) is 9.12. The molecule has 0 bridgehead atoms. The molecule has 1 aromatic heterocycles. The van der Waals surface area contributed by atoms with Crippen molar-refractivity contribution in [3.63, 3.8) is 0 Å². The highest BCUT2D eigenvalue weighted by Gasteiger charge is 2.11. The van der Waals surface area contributed by atoms with Gasteiger partial charge in [-0.1, -0.05) is 12.1 Å². The summed E-state index contributed by atoms with van der Waals surface area (Å²) in [6.07, 6.45) is 1.54. The van der Waals surface area contributed by atoms with E-state index in [-0.39, 0.29) is 12.0 Å². The molecule has 2 aromatic rings. The van der Waals surface area contributed by atoms with Crippen molar-refractivity contribution in [2.24, 2.45) is 0 Å². The molecule has 1 heterocycles. The fourth-order valence-corrected chi connectivity index (χ4v) is 2.88. The van der Waals surface area contributed by atoms with Crippen LogP contribution in [-0.2, 0) is 16.4 Å². The molecule has 0 spiro atoms. The Morgan fingerprint density at radius 3 is 1.80 bits per heavy atom. The average Bonchev–Trinajstić information content (AvgIpc) is 2.61. The molecule has 11 heteroatoms. The lowest BCUT2D eigenvalue weighted by molar-refractivity contribution is 0.222. The van der Waals surface area contributed by atoms with E-state index < -0.39 is 10.0 Å². The molecular formula is C19H30N6O4S. The average molecular weight is 439 g/mol. The topological polar surface area (TPSA) is 110 Å². The zero-order valence-electron chi connectivity index (χ0n) is 18.1. The highest BCUT2D eigenvalue weighted by Crippen LogP contribution is 2.16. The first-order valence-electron chi connectivity index (χ1n) is 9.47. The largest absolute Gasteiger partial charge is 0.462 e. The summed E-state index contributed by atoms with van der Waals surface area (Å²) in [5.41, 5.74) is 1.41. The summed E-state index contributed by atoms with van der Waals surface area (Å²) in [5, 5.41) is 0. The summed E-state index contributed by atoms with van der Waals surface area (Å²) in [6.45, 7) is 2.35. The van der Waals surface area contributed by atoms with Crippen LogP contribution in [-0.4, -0.2) is 93.9 Å². The van der Waals surface area contributed by atoms with Gasteiger partial charge in [-0.05, 0) is 45.9 Å². The Morgan fingerprint density at radius 1 is 0.867 bits per heavy atom. The standard InChI is InChI=1S/C19H30N6O4S/c1-24(2)10-12-28-18-20-17(21-19(22-18)29-13-11-25(3)4)14-15-6-8-16(9-7-15)23-30(5,26)27/h6-9,23H,10-14H2,1-5H3. The quantitative estimate of drug-likeness (QED) is 0.512. The van der Waals surface area contributed by atoms with E-state index in [2.05, 4.69) is 19.7 Å². The minimum Gasteiger partial charge on any atom is -0.462 e. The van der Waals surface area contributed by atoms with Crippen LogP contribution in [0.2, 0.25) is 0 Å². The molecule has 0 saturated carbocycles. The fourth-order valence-electron chi connectivity index (χ4n) is 2.31. The first-order valence-corrected chi connectivity index (χ1v) is 11.4. The number of anilines is 1. The number of nitrogens with zero attached hydrogens (tertiary/aromatic N) is 5. The predicted molar refractivity (Wildman–Crippen MR) is 116 cm³/mol. The third-order valence-corrected chi connectivity index (χ3v) is 4.41. The molecule has 0 radical (unpaired) electrons. The third-order valence-electron chi connectivity index (χ3n) is 3.80. The van der Waals surface area contributed by atoms with Gasteiger partial charge in [-0.3, -0.25) is 4.72 Å². The Morgan fingerprint density at radius 2 is 1.37 bits per heavy atom. The second kappa shape index (κ2) is 11.0. The van der Waals surface area contributed by atoms with Gasteiger partial charge in [0.05, 0.1) is 6.26 Å². The number of likely N-dealkylation sites (N-methyl/N-ethyl adjacent to an activating group) is 2. The number of rotatable bonds is 12. The van der Waals surface area contributed by atoms with Crippen LogP contribution in [0, 0.1) is 0 Å². The first kappa shape index (κ1) is 23.8. The summed E-state index contributed by atoms with van der Waals surface area (Å²) < 4.78 is 36.4. The maximum atomic E-state index is 11.3. The zero-order valence-corrected chi connectivity index (χ0v) is 18.9. The highest BCUT2D eigenvalue weighted by molar-refractivity contribution is 7.92. The molecule has 0 aliphatic heterocycles. The van der Waals surface area contributed by atoms with Gasteiger partial charge in [0.1, 0.15) is 19.0 Å². The van der Waals surface area contributed by atoms with Crippen LogP contribution in [0.4, 0.5) is 5.69 Å². The van der Waals surface area contributed by atoms with Crippen LogP contribution in [0.25, 0.3) is 0 Å². The van der Waals surface area contributed by atoms with E-state index in [1.807, 2.05) is 50.1 Å². The lowest BCUT2D eigenvalue weighted by Gasteiger charge is -2.13. The molecule has 0 unspecified atom stereocenters. The van der Waals surface area contributed by atoms with Gasteiger partial charge in [0.15, 0.2) is 0 Å². The van der Waals surface area contributed by atoms with Crippen molar-refractivity contribution in [3.8, 4) is 12.0 Å². The van der Waals surface area contributed by atoms with Gasteiger partial charge in [-0.15, -0.1) is 4.98 Å². The summed E-state index contributed by atoms with van der Waals surface area (Å²) in [7, 11) is 4.52. The van der Waals surface area contributed by atoms with Crippen molar-refractivity contribution < 1.29 is 17.9 Å². The van der Waals surface area contributed by atoms with Crippen molar-refractivity contribution in [1.82, 2.24) is 24.8 Å². The number of aromatic nitrogens is 3. The van der Waals surface area contributed by atoms with Gasteiger partial charge in [-0.25, -0.2) is 8.42 Å². The number of benzene rings is 1. The highest BCUT2D eigenvalue weighted by atomic mass is 32.2. The minimum absolute atomic E-state index is 0.220. The van der Waals surface area contributed by atoms with E-state index in [1.54, 1.807) is 12.1 Å². The minimum atomic E-state index is -3.31. The van der Waals surface area contributed by atoms with E-state index in [1.165, 1.54) is 0 Å². The molecule has 0 saturated heterocycles. The predicted octanol–water partition coefficient (Wildman–Crippen LogP) is 0.715. The Bertz CT molecular complexity index is 871. The van der Waals surface area contributed by atoms with E-state index in [0.717, 1.165) is 24.9 Å². The number of hydrogen-bond acceptors (Lipinski definition) is 9. The van der Waals surface area contributed by atoms with Crippen molar-refractivity contribution >= 4 is 15.7 Å². The van der Waals surface area contributed by atoms with Crippen molar-refractivity contribution in [3.05, 3.63) is 35.7 Å². The molecule has 0 amide bonds. The third kappa shape index (κ3) is 9.33. The SMILES string of the molecule is CN(C)CCOc1nc(Cc2ccc(NS(C)(=O)=O)cc2)nc(OCCN(C)C)n1. The van der Waals surface area contributed by atoms with Gasteiger partial charge < -0.3 is 19.3 Å². The number of sulfonamides is 1. The van der Waals surface area contributed by atoms with E-state index >= 15 is 0 Å². The number of hydrogen-bond donors (Lipinski definition) is 1. The van der Waals surface area contributed by atoms with Gasteiger partial charge in [-0.2, -0.15) is 9.97 Å². The zero-order chi connectivity index (χ0) is 22.1. The Hall–Kier alpha value is -2.50. The van der Waals surface area contributed by atoms with Gasteiger partial charge in [0.2, 0.25) is 10.0 Å². The lowest BCUT2D eigenvalue weighted by atomic mass is 10.1. The molecule has 10 nitrogen and oxygen atoms in total. The molecule has 1 aromatic carbocycles. The van der Waals surface area contributed by atoms with Crippen molar-refractivity contribution in [1.29, 1.82) is 0 Å². The van der Waals surface area contributed by atoms with Crippen LogP contribution in [0.5, 0.6) is 12.0 Å². The van der Waals surface area contributed by atoms with E-state index in [0.29, 0.717) is 31.1 Å². The molecule has 1 N–H and O–H groups in total. The van der Waals surface area contributed by atoms with E-state index in [4.69, 9.17) is 9.47 Å². The molecular weight excluding hydrogens is 408 g/mol. The lowest BCUT2D eigenvalue weighted by Crippen LogP contribution is -2.21. The Balaban J connectivity index is 2.13. The van der Waals surface area contributed by atoms with Gasteiger partial charge in [0.25, 0.3) is 0 Å². The van der Waals surface area contributed by atoms with Crippen LogP contribution in [0.1, 0.15) is 11.4 Å². The second-order valence-electron chi connectivity index (χ2n) is 7.37. The number of ether oxygens (including phenoxy) is 2. The van der Waals surface area contributed by atoms with Gasteiger partial charge in [0, 0.05) is 25.2 Å². The van der Waals surface area contributed by atoms with Crippen LogP contribution in [0.15, 0.2) is 24.3 Å². The summed E-state index contributed by atoms with van der Waals surface area (Å²) in [6, 6.07) is 7.46. The Labute approximate surface area is 178 Å². The first-order chi connectivity index (χ1) is 14.1. The summed E-state index contributed by atoms with van der Waals surface area (Å²) in [4.78, 5) is 17.0. The molecule has 0 atom stereocenters. The van der Waals surface area contributed by atoms with Crippen LogP contribution >= 0.6 is 0 Å². The fraction of sp³-hybridized carbons (Fsp3) is 0.526. The molecule has 0 aliphatic carbocycles. The maximum absolute atomic E-state index is 11.3. The smallest absolute Gasteiger partial charge is 0.322 e. The summed E-state index contributed by atoms with van der Waals surface area (Å²) in [5.74, 6) is 0.508. The van der Waals surface area contributed by atoms with Crippen molar-refractivity contribution in [2.75, 3.05) is 65.5 Å². The van der Waals surface area contributed by atoms with E-state index in [9.17, 15) is 8.42 Å². The van der Waals surface area contributed by atoms with Crippen molar-refractivity contribution in [2.45, 2.75) is 6.42 Å².